The Morgan fingerprint density at radius 3 is 2.58 bits per heavy atom. The second-order valence-electron chi connectivity index (χ2n) is 4.50. The molecule has 1 aliphatic rings. The second-order valence-corrected chi connectivity index (χ2v) is 4.50. The van der Waals surface area contributed by atoms with Crippen LogP contribution in [0.5, 0.6) is 0 Å². The third-order valence-corrected chi connectivity index (χ3v) is 2.99. The third kappa shape index (κ3) is 2.59. The molecule has 0 saturated carbocycles. The molecule has 0 unspecified atom stereocenters. The van der Waals surface area contributed by atoms with Crippen LogP contribution in [0.25, 0.3) is 0 Å². The Labute approximate surface area is 109 Å². The van der Waals surface area contributed by atoms with Crippen molar-refractivity contribution in [2.75, 3.05) is 6.61 Å². The van der Waals surface area contributed by atoms with Crippen molar-refractivity contribution in [3.8, 4) is 0 Å². The third-order valence-electron chi connectivity index (χ3n) is 2.99. The molecular weight excluding hydrogens is 252 g/mol. The zero-order chi connectivity index (χ0) is 14.0. The van der Waals surface area contributed by atoms with E-state index in [0.29, 0.717) is 5.56 Å². The van der Waals surface area contributed by atoms with Crippen molar-refractivity contribution in [2.45, 2.75) is 24.7 Å². The average molecular weight is 266 g/mol. The minimum atomic E-state index is -1.97. The van der Waals surface area contributed by atoms with Crippen LogP contribution in [0.3, 0.4) is 0 Å². The largest absolute Gasteiger partial charge is 0.458 e. The Morgan fingerprint density at radius 1 is 1.42 bits per heavy atom. The van der Waals surface area contributed by atoms with E-state index in [2.05, 4.69) is 0 Å². The van der Waals surface area contributed by atoms with Gasteiger partial charge in [-0.05, 0) is 19.1 Å². The van der Waals surface area contributed by atoms with Gasteiger partial charge in [-0.1, -0.05) is 18.2 Å². The first-order valence-corrected chi connectivity index (χ1v) is 5.76. The fourth-order valence-electron chi connectivity index (χ4n) is 1.74. The SMILES string of the molecule is C[C@]1(O)C(=O)O[C@H](COC(=O)c2ccccc2)[C@H]1O. The lowest BCUT2D eigenvalue weighted by atomic mass is 9.99. The molecule has 2 rings (SSSR count). The van der Waals surface area contributed by atoms with Crippen LogP contribution in [0.4, 0.5) is 0 Å². The van der Waals surface area contributed by atoms with E-state index in [-0.39, 0.29) is 6.61 Å². The van der Waals surface area contributed by atoms with Crippen LogP contribution < -0.4 is 0 Å². The molecule has 1 aliphatic heterocycles. The highest BCUT2D eigenvalue weighted by molar-refractivity contribution is 5.89. The predicted molar refractivity (Wildman–Crippen MR) is 63.2 cm³/mol. The number of rotatable bonds is 3. The maximum absolute atomic E-state index is 11.6. The molecule has 1 heterocycles. The van der Waals surface area contributed by atoms with E-state index in [1.54, 1.807) is 30.3 Å². The summed E-state index contributed by atoms with van der Waals surface area (Å²) >= 11 is 0. The molecule has 0 spiro atoms. The van der Waals surface area contributed by atoms with E-state index in [0.717, 1.165) is 6.92 Å². The lowest BCUT2D eigenvalue weighted by Gasteiger charge is -2.18. The molecular formula is C13H14O6. The average Bonchev–Trinajstić information content (AvgIpc) is 2.60. The summed E-state index contributed by atoms with van der Waals surface area (Å²) in [5.41, 5.74) is -1.61. The lowest BCUT2D eigenvalue weighted by Crippen LogP contribution is -2.44. The molecule has 102 valence electrons. The molecule has 2 N–H and O–H groups in total. The number of carbonyl (C=O) groups is 2. The number of benzene rings is 1. The van der Waals surface area contributed by atoms with Gasteiger partial charge >= 0.3 is 11.9 Å². The quantitative estimate of drug-likeness (QED) is 0.741. The highest BCUT2D eigenvalue weighted by Gasteiger charge is 2.53. The van der Waals surface area contributed by atoms with Crippen molar-refractivity contribution in [1.29, 1.82) is 0 Å². The predicted octanol–water partition coefficient (Wildman–Crippen LogP) is -0.119. The minimum absolute atomic E-state index is 0.309. The Balaban J connectivity index is 1.94. The smallest absolute Gasteiger partial charge is 0.341 e. The van der Waals surface area contributed by atoms with Gasteiger partial charge in [0, 0.05) is 0 Å². The summed E-state index contributed by atoms with van der Waals surface area (Å²) in [5.74, 6) is -1.52. The number of cyclic esters (lactones) is 1. The first-order chi connectivity index (χ1) is 8.93. The van der Waals surface area contributed by atoms with Crippen molar-refractivity contribution >= 4 is 11.9 Å². The summed E-state index contributed by atoms with van der Waals surface area (Å²) in [6, 6.07) is 8.29. The summed E-state index contributed by atoms with van der Waals surface area (Å²) in [7, 11) is 0. The monoisotopic (exact) mass is 266 g/mol. The molecule has 0 radical (unpaired) electrons. The standard InChI is InChI=1S/C13H14O6/c1-13(17)10(14)9(19-12(13)16)7-18-11(15)8-5-3-2-4-6-8/h2-6,9-10,14,17H,7H2,1H3/t9-,10-,13-/m1/s1. The van der Waals surface area contributed by atoms with Crippen LogP contribution in [0.1, 0.15) is 17.3 Å². The van der Waals surface area contributed by atoms with E-state index >= 15 is 0 Å². The van der Waals surface area contributed by atoms with Crippen LogP contribution >= 0.6 is 0 Å². The van der Waals surface area contributed by atoms with E-state index in [4.69, 9.17) is 9.47 Å². The van der Waals surface area contributed by atoms with Crippen molar-refractivity contribution < 1.29 is 29.3 Å². The van der Waals surface area contributed by atoms with E-state index in [1.165, 1.54) is 0 Å². The number of hydrogen-bond donors (Lipinski definition) is 2. The lowest BCUT2D eigenvalue weighted by molar-refractivity contribution is -0.155. The van der Waals surface area contributed by atoms with Gasteiger partial charge in [0.05, 0.1) is 5.56 Å². The number of carbonyl (C=O) groups excluding carboxylic acids is 2. The van der Waals surface area contributed by atoms with Crippen LogP contribution in [0, 0.1) is 0 Å². The van der Waals surface area contributed by atoms with E-state index in [1.807, 2.05) is 0 Å². The number of ether oxygens (including phenoxy) is 2. The molecule has 1 aromatic rings. The molecule has 0 amide bonds. The molecule has 0 aliphatic carbocycles. The van der Waals surface area contributed by atoms with Gasteiger partial charge in [-0.25, -0.2) is 9.59 Å². The number of aliphatic hydroxyl groups is 2. The first kappa shape index (κ1) is 13.5. The molecule has 6 heteroatoms. The summed E-state index contributed by atoms with van der Waals surface area (Å²) in [4.78, 5) is 22.9. The van der Waals surface area contributed by atoms with Crippen LogP contribution in [0.2, 0.25) is 0 Å². The molecule has 19 heavy (non-hydrogen) atoms. The van der Waals surface area contributed by atoms with Crippen molar-refractivity contribution in [1.82, 2.24) is 0 Å². The summed E-state index contributed by atoms with van der Waals surface area (Å²) < 4.78 is 9.70. The van der Waals surface area contributed by atoms with E-state index < -0.39 is 29.7 Å². The van der Waals surface area contributed by atoms with Gasteiger partial charge in [-0.2, -0.15) is 0 Å². The van der Waals surface area contributed by atoms with Gasteiger partial charge in [0.15, 0.2) is 11.7 Å². The number of aliphatic hydroxyl groups excluding tert-OH is 1. The summed E-state index contributed by atoms with van der Waals surface area (Å²) in [6.45, 7) is 0.843. The second kappa shape index (κ2) is 4.99. The van der Waals surface area contributed by atoms with Gasteiger partial charge in [0.25, 0.3) is 0 Å². The normalized spacial score (nSPS) is 29.9. The van der Waals surface area contributed by atoms with Crippen molar-refractivity contribution in [2.24, 2.45) is 0 Å². The number of esters is 2. The molecule has 0 aromatic heterocycles. The van der Waals surface area contributed by atoms with Gasteiger partial charge < -0.3 is 19.7 Å². The molecule has 1 aromatic carbocycles. The molecule has 3 atom stereocenters. The summed E-state index contributed by atoms with van der Waals surface area (Å²) in [5, 5.41) is 19.3. The van der Waals surface area contributed by atoms with Crippen LogP contribution in [-0.2, 0) is 14.3 Å². The molecule has 1 fully saturated rings. The topological polar surface area (TPSA) is 93.1 Å². The fraction of sp³-hybridized carbons (Fsp3) is 0.385. The zero-order valence-electron chi connectivity index (χ0n) is 10.3. The van der Waals surface area contributed by atoms with Crippen molar-refractivity contribution in [3.05, 3.63) is 35.9 Å². The Morgan fingerprint density at radius 2 is 2.05 bits per heavy atom. The maximum Gasteiger partial charge on any atom is 0.341 e. The van der Waals surface area contributed by atoms with Gasteiger partial charge in [0.2, 0.25) is 0 Å². The Hall–Kier alpha value is -1.92. The van der Waals surface area contributed by atoms with Gasteiger partial charge in [0.1, 0.15) is 12.7 Å². The Kier molecular flexibility index (Phi) is 3.55. The highest BCUT2D eigenvalue weighted by Crippen LogP contribution is 2.26. The zero-order valence-corrected chi connectivity index (χ0v) is 10.3. The fourth-order valence-corrected chi connectivity index (χ4v) is 1.74. The van der Waals surface area contributed by atoms with Crippen LogP contribution in [-0.4, -0.2) is 46.6 Å². The molecule has 6 nitrogen and oxygen atoms in total. The van der Waals surface area contributed by atoms with Crippen molar-refractivity contribution in [3.63, 3.8) is 0 Å². The van der Waals surface area contributed by atoms with Gasteiger partial charge in [-0.15, -0.1) is 0 Å². The first-order valence-electron chi connectivity index (χ1n) is 5.76. The maximum atomic E-state index is 11.6. The number of hydrogen-bond acceptors (Lipinski definition) is 6. The van der Waals surface area contributed by atoms with E-state index in [9.17, 15) is 19.8 Å². The van der Waals surface area contributed by atoms with Gasteiger partial charge in [-0.3, -0.25) is 0 Å². The molecule has 0 bridgehead atoms. The summed E-state index contributed by atoms with van der Waals surface area (Å²) in [6.07, 6.45) is -2.49. The highest BCUT2D eigenvalue weighted by atomic mass is 16.6. The molecule has 1 saturated heterocycles. The van der Waals surface area contributed by atoms with Crippen LogP contribution in [0.15, 0.2) is 30.3 Å². The Bertz CT molecular complexity index is 481. The minimum Gasteiger partial charge on any atom is -0.458 e.